The fourth-order valence-corrected chi connectivity index (χ4v) is 4.34. The van der Waals surface area contributed by atoms with Crippen molar-refractivity contribution < 1.29 is 23.5 Å². The number of amides is 1. The highest BCUT2D eigenvalue weighted by molar-refractivity contribution is 9.10. The summed E-state index contributed by atoms with van der Waals surface area (Å²) in [6.07, 6.45) is 0. The quantitative estimate of drug-likeness (QED) is 0.314. The standard InChI is InChI=1S/C24H15BrClNO5/c1-12-2-8-18(31-12)21-20(22(28)19-11-13-10-14(25)3-9-17(13)32-19)23(29)24(30)27(21)16-6-4-15(26)5-7-16/h2-11,21,29H,1H3. The summed E-state index contributed by atoms with van der Waals surface area (Å²) in [5.74, 6) is -0.996. The summed E-state index contributed by atoms with van der Waals surface area (Å²) in [4.78, 5) is 27.9. The summed E-state index contributed by atoms with van der Waals surface area (Å²) < 4.78 is 12.3. The molecule has 1 aliphatic heterocycles. The molecule has 2 aromatic heterocycles. The molecule has 1 unspecified atom stereocenters. The van der Waals surface area contributed by atoms with Crippen molar-refractivity contribution in [3.05, 3.63) is 98.8 Å². The molecule has 0 fully saturated rings. The van der Waals surface area contributed by atoms with E-state index in [0.29, 0.717) is 33.2 Å². The predicted molar refractivity (Wildman–Crippen MR) is 123 cm³/mol. The first-order valence-electron chi connectivity index (χ1n) is 9.66. The van der Waals surface area contributed by atoms with Crippen LogP contribution >= 0.6 is 27.5 Å². The molecule has 1 amide bonds. The Kier molecular flexibility index (Phi) is 4.95. The number of aliphatic hydroxyl groups is 1. The Bertz CT molecular complexity index is 1420. The Hall–Kier alpha value is -3.29. The van der Waals surface area contributed by atoms with Crippen LogP contribution in [0.1, 0.15) is 28.1 Å². The number of aryl methyl sites for hydroxylation is 1. The molecule has 8 heteroatoms. The molecule has 160 valence electrons. The van der Waals surface area contributed by atoms with Gasteiger partial charge in [-0.25, -0.2) is 0 Å². The molecule has 2 aromatic carbocycles. The maximum atomic E-state index is 13.5. The van der Waals surface area contributed by atoms with Crippen LogP contribution in [0.4, 0.5) is 5.69 Å². The number of fused-ring (bicyclic) bond motifs is 1. The van der Waals surface area contributed by atoms with Crippen LogP contribution in [-0.4, -0.2) is 16.8 Å². The number of hydrogen-bond acceptors (Lipinski definition) is 5. The van der Waals surface area contributed by atoms with Gasteiger partial charge < -0.3 is 13.9 Å². The largest absolute Gasteiger partial charge is 0.503 e. The van der Waals surface area contributed by atoms with Gasteiger partial charge in [-0.3, -0.25) is 14.5 Å². The lowest BCUT2D eigenvalue weighted by atomic mass is 9.99. The van der Waals surface area contributed by atoms with Gasteiger partial charge in [0.2, 0.25) is 5.78 Å². The second-order valence-electron chi connectivity index (χ2n) is 7.39. The van der Waals surface area contributed by atoms with Crippen molar-refractivity contribution >= 4 is 55.9 Å². The van der Waals surface area contributed by atoms with Crippen molar-refractivity contribution in [2.24, 2.45) is 0 Å². The number of rotatable bonds is 4. The van der Waals surface area contributed by atoms with E-state index in [-0.39, 0.29) is 11.3 Å². The highest BCUT2D eigenvalue weighted by Crippen LogP contribution is 2.43. The normalized spacial score (nSPS) is 16.4. The number of benzene rings is 2. The number of hydrogen-bond donors (Lipinski definition) is 1. The number of furan rings is 2. The molecular weight excluding hydrogens is 498 g/mol. The second kappa shape index (κ2) is 7.69. The lowest BCUT2D eigenvalue weighted by Gasteiger charge is -2.24. The Morgan fingerprint density at radius 2 is 1.81 bits per heavy atom. The fraction of sp³-hybridized carbons (Fsp3) is 0.0833. The second-order valence-corrected chi connectivity index (χ2v) is 8.74. The van der Waals surface area contributed by atoms with Gasteiger partial charge >= 0.3 is 0 Å². The minimum absolute atomic E-state index is 0.0127. The number of nitrogens with zero attached hydrogens (tertiary/aromatic N) is 1. The number of carbonyl (C=O) groups is 2. The summed E-state index contributed by atoms with van der Waals surface area (Å²) in [6, 6.07) is 15.9. The number of halogens is 2. The van der Waals surface area contributed by atoms with Crippen LogP contribution in [0.25, 0.3) is 11.0 Å². The smallest absolute Gasteiger partial charge is 0.294 e. The Morgan fingerprint density at radius 1 is 1.06 bits per heavy atom. The maximum absolute atomic E-state index is 13.5. The number of Topliss-reactive ketones (excluding diaryl/α,β-unsaturated/α-hetero) is 1. The number of aliphatic hydroxyl groups excluding tert-OH is 1. The lowest BCUT2D eigenvalue weighted by molar-refractivity contribution is -0.117. The third-order valence-corrected chi connectivity index (χ3v) is 6.04. The van der Waals surface area contributed by atoms with Crippen LogP contribution < -0.4 is 4.90 Å². The molecule has 32 heavy (non-hydrogen) atoms. The highest BCUT2D eigenvalue weighted by atomic mass is 79.9. The van der Waals surface area contributed by atoms with Crippen molar-refractivity contribution in [1.29, 1.82) is 0 Å². The molecule has 6 nitrogen and oxygen atoms in total. The zero-order valence-electron chi connectivity index (χ0n) is 16.6. The molecule has 0 aliphatic carbocycles. The molecule has 1 atom stereocenters. The average Bonchev–Trinajstić information content (AvgIpc) is 3.45. The average molecular weight is 513 g/mol. The molecule has 0 saturated heterocycles. The van der Waals surface area contributed by atoms with Crippen molar-refractivity contribution in [3.8, 4) is 0 Å². The molecule has 3 heterocycles. The highest BCUT2D eigenvalue weighted by Gasteiger charge is 2.46. The van der Waals surface area contributed by atoms with E-state index in [4.69, 9.17) is 20.4 Å². The van der Waals surface area contributed by atoms with Crippen molar-refractivity contribution in [1.82, 2.24) is 0 Å². The molecule has 1 aliphatic rings. The van der Waals surface area contributed by atoms with Crippen LogP contribution in [0, 0.1) is 6.92 Å². The monoisotopic (exact) mass is 511 g/mol. The summed E-state index contributed by atoms with van der Waals surface area (Å²) in [5.41, 5.74) is 0.861. The Labute approximate surface area is 195 Å². The minimum atomic E-state index is -0.968. The summed E-state index contributed by atoms with van der Waals surface area (Å²) in [5, 5.41) is 12.0. The third kappa shape index (κ3) is 3.34. The van der Waals surface area contributed by atoms with Gasteiger partial charge in [-0.15, -0.1) is 0 Å². The molecule has 1 N–H and O–H groups in total. The van der Waals surface area contributed by atoms with Gasteiger partial charge in [0.15, 0.2) is 11.5 Å². The zero-order valence-corrected chi connectivity index (χ0v) is 19.0. The zero-order chi connectivity index (χ0) is 22.6. The van der Waals surface area contributed by atoms with Crippen molar-refractivity contribution in [2.75, 3.05) is 4.90 Å². The van der Waals surface area contributed by atoms with Crippen LogP contribution in [0.5, 0.6) is 0 Å². The number of ketones is 1. The lowest BCUT2D eigenvalue weighted by Crippen LogP contribution is -2.30. The first-order chi connectivity index (χ1) is 15.3. The van der Waals surface area contributed by atoms with Crippen molar-refractivity contribution in [2.45, 2.75) is 13.0 Å². The van der Waals surface area contributed by atoms with Crippen LogP contribution in [-0.2, 0) is 4.79 Å². The molecule has 0 bridgehead atoms. The predicted octanol–water partition coefficient (Wildman–Crippen LogP) is 6.53. The van der Waals surface area contributed by atoms with Gasteiger partial charge in [0.25, 0.3) is 5.91 Å². The first kappa shape index (κ1) is 20.6. The van der Waals surface area contributed by atoms with E-state index in [9.17, 15) is 14.7 Å². The fourth-order valence-electron chi connectivity index (χ4n) is 3.83. The third-order valence-electron chi connectivity index (χ3n) is 5.29. The van der Waals surface area contributed by atoms with Crippen LogP contribution in [0.3, 0.4) is 0 Å². The number of anilines is 1. The van der Waals surface area contributed by atoms with Gasteiger partial charge in [-0.1, -0.05) is 27.5 Å². The van der Waals surface area contributed by atoms with E-state index in [0.717, 1.165) is 4.47 Å². The summed E-state index contributed by atoms with van der Waals surface area (Å²) in [6.45, 7) is 1.76. The first-order valence-corrected chi connectivity index (χ1v) is 10.8. The van der Waals surface area contributed by atoms with Gasteiger partial charge in [-0.05, 0) is 67.6 Å². The maximum Gasteiger partial charge on any atom is 0.294 e. The number of carbonyl (C=O) groups excluding carboxylic acids is 2. The topological polar surface area (TPSA) is 83.9 Å². The van der Waals surface area contributed by atoms with Crippen LogP contribution in [0.15, 0.2) is 85.3 Å². The molecule has 0 spiro atoms. The molecular formula is C24H15BrClNO5. The van der Waals surface area contributed by atoms with Gasteiger partial charge in [0, 0.05) is 20.6 Å². The van der Waals surface area contributed by atoms with Crippen molar-refractivity contribution in [3.63, 3.8) is 0 Å². The van der Waals surface area contributed by atoms with Gasteiger partial charge in [0.05, 0.1) is 5.57 Å². The summed E-state index contributed by atoms with van der Waals surface area (Å²) >= 11 is 9.39. The molecule has 0 saturated carbocycles. The van der Waals surface area contributed by atoms with E-state index in [2.05, 4.69) is 15.9 Å². The SMILES string of the molecule is Cc1ccc(C2C(C(=O)c3cc4cc(Br)ccc4o3)=C(O)C(=O)N2c2ccc(Cl)cc2)o1. The van der Waals surface area contributed by atoms with E-state index >= 15 is 0 Å². The Balaban J connectivity index is 1.65. The minimum Gasteiger partial charge on any atom is -0.503 e. The molecule has 0 radical (unpaired) electrons. The summed E-state index contributed by atoms with van der Waals surface area (Å²) in [7, 11) is 0. The van der Waals surface area contributed by atoms with Gasteiger partial charge in [0.1, 0.15) is 23.1 Å². The van der Waals surface area contributed by atoms with E-state index in [1.807, 2.05) is 6.07 Å². The van der Waals surface area contributed by atoms with E-state index in [1.165, 1.54) is 4.90 Å². The molecule has 5 rings (SSSR count). The van der Waals surface area contributed by atoms with Gasteiger partial charge in [-0.2, -0.15) is 0 Å². The van der Waals surface area contributed by atoms with E-state index < -0.39 is 23.5 Å². The Morgan fingerprint density at radius 3 is 2.50 bits per heavy atom. The molecule has 4 aromatic rings. The van der Waals surface area contributed by atoms with E-state index in [1.54, 1.807) is 61.5 Å². The van der Waals surface area contributed by atoms with Crippen LogP contribution in [0.2, 0.25) is 5.02 Å².